The summed E-state index contributed by atoms with van der Waals surface area (Å²) in [5, 5.41) is 12.5. The molecule has 0 aliphatic heterocycles. The van der Waals surface area contributed by atoms with Crippen molar-refractivity contribution in [3.63, 3.8) is 0 Å². The van der Waals surface area contributed by atoms with Crippen LogP contribution in [0.4, 0.5) is 0 Å². The van der Waals surface area contributed by atoms with Crippen molar-refractivity contribution in [2.75, 3.05) is 0 Å². The van der Waals surface area contributed by atoms with Gasteiger partial charge in [0, 0.05) is 13.3 Å². The Bertz CT molecular complexity index is 190. The van der Waals surface area contributed by atoms with Crippen LogP contribution in [-0.2, 0) is 14.4 Å². The first-order valence-electron chi connectivity index (χ1n) is 3.49. The highest BCUT2D eigenvalue weighted by Crippen LogP contribution is 1.93. The highest BCUT2D eigenvalue weighted by atomic mass is 16.4. The number of hydrogen-bond acceptors (Lipinski definition) is 4. The first kappa shape index (κ1) is 10.6. The van der Waals surface area contributed by atoms with Gasteiger partial charge in [0.15, 0.2) is 0 Å². The Morgan fingerprint density at radius 2 is 2.17 bits per heavy atom. The van der Waals surface area contributed by atoms with Crippen LogP contribution in [0.3, 0.4) is 0 Å². The number of rotatable bonds is 5. The van der Waals surface area contributed by atoms with E-state index in [9.17, 15) is 19.5 Å². The van der Waals surface area contributed by atoms with Crippen LogP contribution >= 0.6 is 0 Å². The summed E-state index contributed by atoms with van der Waals surface area (Å²) in [6.07, 6.45) is 0.766. The summed E-state index contributed by atoms with van der Waals surface area (Å²) in [7, 11) is 0. The first-order chi connectivity index (χ1) is 5.57. The number of nitrogens with one attached hydrogen (secondary N) is 1. The summed E-state index contributed by atoms with van der Waals surface area (Å²) < 4.78 is 0. The predicted molar refractivity (Wildman–Crippen MR) is 37.9 cm³/mol. The van der Waals surface area contributed by atoms with Crippen molar-refractivity contribution in [3.05, 3.63) is 0 Å². The minimum Gasteiger partial charge on any atom is -0.548 e. The molecule has 5 nitrogen and oxygen atoms in total. The van der Waals surface area contributed by atoms with E-state index in [0.29, 0.717) is 6.29 Å². The van der Waals surface area contributed by atoms with Gasteiger partial charge in [0.2, 0.25) is 5.91 Å². The average molecular weight is 172 g/mol. The van der Waals surface area contributed by atoms with Gasteiger partial charge in [-0.05, 0) is 6.42 Å². The molecule has 0 aromatic carbocycles. The van der Waals surface area contributed by atoms with E-state index in [1.807, 2.05) is 0 Å². The van der Waals surface area contributed by atoms with Crippen LogP contribution in [-0.4, -0.2) is 24.2 Å². The van der Waals surface area contributed by atoms with Crippen LogP contribution < -0.4 is 10.4 Å². The van der Waals surface area contributed by atoms with Gasteiger partial charge in [0.1, 0.15) is 6.29 Å². The molecule has 1 amide bonds. The predicted octanol–water partition coefficient (Wildman–Crippen LogP) is -1.78. The van der Waals surface area contributed by atoms with Crippen molar-refractivity contribution in [1.82, 2.24) is 5.32 Å². The van der Waals surface area contributed by atoms with E-state index < -0.39 is 17.9 Å². The smallest absolute Gasteiger partial charge is 0.217 e. The van der Waals surface area contributed by atoms with Gasteiger partial charge >= 0.3 is 0 Å². The summed E-state index contributed by atoms with van der Waals surface area (Å²) in [5.74, 6) is -1.82. The van der Waals surface area contributed by atoms with Crippen LogP contribution in [0.25, 0.3) is 0 Å². The zero-order valence-corrected chi connectivity index (χ0v) is 6.70. The molecular weight excluding hydrogens is 162 g/mol. The second-order valence-corrected chi connectivity index (χ2v) is 2.32. The number of aldehydes is 1. The lowest BCUT2D eigenvalue weighted by Crippen LogP contribution is -2.47. The number of carbonyl (C=O) groups is 3. The van der Waals surface area contributed by atoms with Crippen molar-refractivity contribution in [2.45, 2.75) is 25.8 Å². The zero-order chi connectivity index (χ0) is 9.56. The molecular formula is C7H10NO4-. The van der Waals surface area contributed by atoms with Crippen molar-refractivity contribution in [1.29, 1.82) is 0 Å². The Morgan fingerprint density at radius 3 is 2.50 bits per heavy atom. The van der Waals surface area contributed by atoms with Gasteiger partial charge in [-0.15, -0.1) is 0 Å². The molecule has 0 bridgehead atoms. The fourth-order valence-electron chi connectivity index (χ4n) is 0.729. The van der Waals surface area contributed by atoms with E-state index in [1.54, 1.807) is 0 Å². The standard InChI is InChI=1S/C7H11NO4/c1-5(10)8-6(7(11)12)3-2-4-9/h4,6H,2-3H2,1H3,(H,8,10)(H,11,12)/p-1. The fourth-order valence-corrected chi connectivity index (χ4v) is 0.729. The van der Waals surface area contributed by atoms with Crippen molar-refractivity contribution in [2.24, 2.45) is 0 Å². The molecule has 0 aliphatic rings. The van der Waals surface area contributed by atoms with Gasteiger partial charge in [-0.25, -0.2) is 0 Å². The molecule has 0 heterocycles. The number of carboxylic acids is 1. The largest absolute Gasteiger partial charge is 0.548 e. The third kappa shape index (κ3) is 4.43. The lowest BCUT2D eigenvalue weighted by Gasteiger charge is -2.17. The van der Waals surface area contributed by atoms with Crippen LogP contribution in [0.1, 0.15) is 19.8 Å². The molecule has 68 valence electrons. The van der Waals surface area contributed by atoms with E-state index in [4.69, 9.17) is 0 Å². The number of carboxylic acid groups (broad SMARTS) is 1. The third-order valence-electron chi connectivity index (χ3n) is 1.24. The van der Waals surface area contributed by atoms with Crippen LogP contribution in [0, 0.1) is 0 Å². The molecule has 0 saturated heterocycles. The SMILES string of the molecule is CC(=O)NC(CCC=O)C(=O)[O-]. The Labute approximate surface area is 69.8 Å². The summed E-state index contributed by atoms with van der Waals surface area (Å²) >= 11 is 0. The van der Waals surface area contributed by atoms with E-state index in [1.165, 1.54) is 6.92 Å². The van der Waals surface area contributed by atoms with Crippen molar-refractivity contribution in [3.8, 4) is 0 Å². The maximum Gasteiger partial charge on any atom is 0.217 e. The van der Waals surface area contributed by atoms with E-state index >= 15 is 0 Å². The lowest BCUT2D eigenvalue weighted by atomic mass is 10.1. The maximum absolute atomic E-state index is 10.4. The molecule has 0 aromatic rings. The van der Waals surface area contributed by atoms with Crippen molar-refractivity contribution < 1.29 is 19.5 Å². The summed E-state index contributed by atoms with van der Waals surface area (Å²) in [6, 6.07) is -1.06. The van der Waals surface area contributed by atoms with Crippen LogP contribution in [0.2, 0.25) is 0 Å². The Kier molecular flexibility index (Phi) is 4.67. The molecule has 0 radical (unpaired) electrons. The number of amides is 1. The monoisotopic (exact) mass is 172 g/mol. The first-order valence-corrected chi connectivity index (χ1v) is 3.49. The molecule has 0 rings (SSSR count). The number of carbonyl (C=O) groups excluding carboxylic acids is 3. The molecule has 1 N–H and O–H groups in total. The highest BCUT2D eigenvalue weighted by Gasteiger charge is 2.09. The number of aliphatic carboxylic acids is 1. The van der Waals surface area contributed by atoms with Gasteiger partial charge in [0.05, 0.1) is 12.0 Å². The van der Waals surface area contributed by atoms with Crippen LogP contribution in [0.15, 0.2) is 0 Å². The Balaban J connectivity index is 3.94. The van der Waals surface area contributed by atoms with E-state index in [2.05, 4.69) is 5.32 Å². The summed E-state index contributed by atoms with van der Waals surface area (Å²) in [4.78, 5) is 30.6. The molecule has 1 atom stereocenters. The molecule has 0 fully saturated rings. The number of hydrogen-bond donors (Lipinski definition) is 1. The maximum atomic E-state index is 10.4. The van der Waals surface area contributed by atoms with Crippen molar-refractivity contribution >= 4 is 18.2 Å². The molecule has 0 aliphatic carbocycles. The van der Waals surface area contributed by atoms with Crippen LogP contribution in [0.5, 0.6) is 0 Å². The molecule has 0 aromatic heterocycles. The highest BCUT2D eigenvalue weighted by molar-refractivity contribution is 5.81. The van der Waals surface area contributed by atoms with Gasteiger partial charge in [0.25, 0.3) is 0 Å². The normalized spacial score (nSPS) is 11.8. The van der Waals surface area contributed by atoms with Gasteiger partial charge in [-0.1, -0.05) is 0 Å². The zero-order valence-electron chi connectivity index (χ0n) is 6.70. The second-order valence-electron chi connectivity index (χ2n) is 2.32. The third-order valence-corrected chi connectivity index (χ3v) is 1.24. The second kappa shape index (κ2) is 5.29. The fraction of sp³-hybridized carbons (Fsp3) is 0.571. The summed E-state index contributed by atoms with van der Waals surface area (Å²) in [6.45, 7) is 1.21. The topological polar surface area (TPSA) is 86.3 Å². The van der Waals surface area contributed by atoms with Gasteiger partial charge < -0.3 is 20.0 Å². The minimum atomic E-state index is -1.37. The Hall–Kier alpha value is -1.39. The molecule has 12 heavy (non-hydrogen) atoms. The average Bonchev–Trinajstić information content (AvgIpc) is 1.96. The summed E-state index contributed by atoms with van der Waals surface area (Å²) in [5.41, 5.74) is 0. The van der Waals surface area contributed by atoms with E-state index in [0.717, 1.165) is 0 Å². The quantitative estimate of drug-likeness (QED) is 0.497. The van der Waals surface area contributed by atoms with E-state index in [-0.39, 0.29) is 12.8 Å². The molecule has 5 heteroatoms. The molecule has 0 spiro atoms. The van der Waals surface area contributed by atoms with Gasteiger partial charge in [-0.3, -0.25) is 4.79 Å². The van der Waals surface area contributed by atoms with Gasteiger partial charge in [-0.2, -0.15) is 0 Å². The lowest BCUT2D eigenvalue weighted by molar-refractivity contribution is -0.308. The molecule has 1 unspecified atom stereocenters. The minimum absolute atomic E-state index is 0.0748. The Morgan fingerprint density at radius 1 is 1.58 bits per heavy atom. The molecule has 0 saturated carbocycles.